The Hall–Kier alpha value is -1.43. The monoisotopic (exact) mass is 347 g/mol. The number of benzene rings is 1. The molecule has 102 valence electrons. The molecule has 0 bridgehead atoms. The van der Waals surface area contributed by atoms with Gasteiger partial charge in [-0.25, -0.2) is 4.68 Å². The van der Waals surface area contributed by atoms with E-state index in [9.17, 15) is 0 Å². The summed E-state index contributed by atoms with van der Waals surface area (Å²) in [7, 11) is 1.97. The van der Waals surface area contributed by atoms with Crippen LogP contribution in [0.15, 0.2) is 58.6 Å². The van der Waals surface area contributed by atoms with Crippen LogP contribution in [0.3, 0.4) is 0 Å². The number of hydrogen-bond acceptors (Lipinski definition) is 3. The van der Waals surface area contributed by atoms with Gasteiger partial charge in [-0.3, -0.25) is 0 Å². The maximum atomic E-state index is 4.46. The number of nitrogens with one attached hydrogen (secondary N) is 1. The lowest BCUT2D eigenvalue weighted by Crippen LogP contribution is -2.15. The normalized spacial score (nSPS) is 12.5. The molecule has 2 aromatic heterocycles. The van der Waals surface area contributed by atoms with Gasteiger partial charge >= 0.3 is 0 Å². The highest BCUT2D eigenvalue weighted by Crippen LogP contribution is 2.31. The Labute approximate surface area is 130 Å². The van der Waals surface area contributed by atoms with Gasteiger partial charge in [-0.2, -0.15) is 5.10 Å². The van der Waals surface area contributed by atoms with Crippen molar-refractivity contribution in [2.45, 2.75) is 6.04 Å². The van der Waals surface area contributed by atoms with Crippen LogP contribution in [0, 0.1) is 0 Å². The number of nitrogens with zero attached hydrogens (tertiary/aromatic N) is 2. The molecule has 1 N–H and O–H groups in total. The molecule has 5 heteroatoms. The first-order chi connectivity index (χ1) is 9.78. The molecule has 0 aliphatic heterocycles. The summed E-state index contributed by atoms with van der Waals surface area (Å²) in [5, 5.41) is 7.81. The first-order valence-electron chi connectivity index (χ1n) is 6.30. The summed E-state index contributed by atoms with van der Waals surface area (Å²) < 4.78 is 3.05. The third-order valence-corrected chi connectivity index (χ3v) is 4.81. The number of halogens is 1. The maximum Gasteiger partial charge on any atom is 0.0702 e. The van der Waals surface area contributed by atoms with Crippen molar-refractivity contribution >= 4 is 27.3 Å². The summed E-state index contributed by atoms with van der Waals surface area (Å²) in [4.78, 5) is 1.27. The number of para-hydroxylation sites is 1. The first-order valence-corrected chi connectivity index (χ1v) is 7.91. The number of hydrogen-bond donors (Lipinski definition) is 1. The summed E-state index contributed by atoms with van der Waals surface area (Å²) >= 11 is 5.25. The van der Waals surface area contributed by atoms with Gasteiger partial charge < -0.3 is 5.32 Å². The molecule has 2 heterocycles. The number of thiophene rings is 1. The second-order valence-electron chi connectivity index (χ2n) is 4.42. The van der Waals surface area contributed by atoms with Crippen LogP contribution in [0.1, 0.15) is 16.5 Å². The minimum Gasteiger partial charge on any atom is -0.309 e. The predicted molar refractivity (Wildman–Crippen MR) is 86.5 cm³/mol. The molecule has 3 aromatic rings. The second-order valence-corrected chi connectivity index (χ2v) is 6.91. The van der Waals surface area contributed by atoms with E-state index in [0.29, 0.717) is 0 Å². The molecule has 1 unspecified atom stereocenters. The van der Waals surface area contributed by atoms with Gasteiger partial charge in [0.1, 0.15) is 0 Å². The van der Waals surface area contributed by atoms with E-state index in [1.165, 1.54) is 4.88 Å². The van der Waals surface area contributed by atoms with E-state index in [1.807, 2.05) is 48.3 Å². The Morgan fingerprint density at radius 2 is 2.00 bits per heavy atom. The lowest BCUT2D eigenvalue weighted by Gasteiger charge is -2.11. The molecule has 0 spiro atoms. The van der Waals surface area contributed by atoms with Gasteiger partial charge in [0, 0.05) is 16.6 Å². The molecule has 0 saturated heterocycles. The molecule has 0 amide bonds. The summed E-state index contributed by atoms with van der Waals surface area (Å²) in [6.07, 6.45) is 3.99. The fourth-order valence-corrected chi connectivity index (χ4v) is 3.73. The largest absolute Gasteiger partial charge is 0.309 e. The topological polar surface area (TPSA) is 29.9 Å². The quantitative estimate of drug-likeness (QED) is 0.772. The summed E-state index contributed by atoms with van der Waals surface area (Å²) in [6, 6.07) is 14.5. The van der Waals surface area contributed by atoms with Crippen molar-refractivity contribution in [3.8, 4) is 5.69 Å². The van der Waals surface area contributed by atoms with Crippen LogP contribution in [-0.4, -0.2) is 16.8 Å². The van der Waals surface area contributed by atoms with Crippen LogP contribution in [0.5, 0.6) is 0 Å². The van der Waals surface area contributed by atoms with Gasteiger partial charge in [0.2, 0.25) is 0 Å². The van der Waals surface area contributed by atoms with Gasteiger partial charge in [-0.1, -0.05) is 18.2 Å². The second kappa shape index (κ2) is 5.91. The molecule has 0 radical (unpaired) electrons. The molecule has 20 heavy (non-hydrogen) atoms. The smallest absolute Gasteiger partial charge is 0.0702 e. The van der Waals surface area contributed by atoms with Gasteiger partial charge in [0.15, 0.2) is 0 Å². The van der Waals surface area contributed by atoms with Crippen molar-refractivity contribution in [2.24, 2.45) is 0 Å². The van der Waals surface area contributed by atoms with Crippen LogP contribution in [0.2, 0.25) is 0 Å². The van der Waals surface area contributed by atoms with Gasteiger partial charge in [-0.15, -0.1) is 11.3 Å². The van der Waals surface area contributed by atoms with E-state index < -0.39 is 0 Å². The minimum atomic E-state index is 0.170. The van der Waals surface area contributed by atoms with E-state index in [1.54, 1.807) is 11.3 Å². The van der Waals surface area contributed by atoms with E-state index >= 15 is 0 Å². The Bertz CT molecular complexity index is 690. The summed E-state index contributed by atoms with van der Waals surface area (Å²) in [6.45, 7) is 0. The standard InChI is InChI=1S/C15H14BrN3S/c1-17-15(13-7-8-14(16)20-13)11-9-18-19(10-11)12-5-3-2-4-6-12/h2-10,15,17H,1H3. The van der Waals surface area contributed by atoms with Crippen molar-refractivity contribution in [2.75, 3.05) is 7.05 Å². The van der Waals surface area contributed by atoms with Crippen LogP contribution in [0.4, 0.5) is 0 Å². The van der Waals surface area contributed by atoms with Crippen molar-refractivity contribution in [3.05, 3.63) is 69.1 Å². The highest BCUT2D eigenvalue weighted by molar-refractivity contribution is 9.11. The van der Waals surface area contributed by atoms with E-state index in [0.717, 1.165) is 15.0 Å². The Balaban J connectivity index is 1.92. The van der Waals surface area contributed by atoms with Crippen molar-refractivity contribution in [3.63, 3.8) is 0 Å². The highest BCUT2D eigenvalue weighted by atomic mass is 79.9. The molecule has 1 aromatic carbocycles. The average Bonchev–Trinajstić information content (AvgIpc) is 3.11. The Morgan fingerprint density at radius 3 is 2.65 bits per heavy atom. The van der Waals surface area contributed by atoms with Crippen LogP contribution < -0.4 is 5.32 Å². The minimum absolute atomic E-state index is 0.170. The van der Waals surface area contributed by atoms with E-state index in [2.05, 4.69) is 44.7 Å². The zero-order valence-corrected chi connectivity index (χ0v) is 13.4. The molecule has 3 nitrogen and oxygen atoms in total. The highest BCUT2D eigenvalue weighted by Gasteiger charge is 2.16. The van der Waals surface area contributed by atoms with Gasteiger partial charge in [-0.05, 0) is 47.2 Å². The molecule has 3 rings (SSSR count). The zero-order chi connectivity index (χ0) is 13.9. The molecule has 0 aliphatic rings. The third kappa shape index (κ3) is 2.70. The number of aromatic nitrogens is 2. The molecule has 0 saturated carbocycles. The van der Waals surface area contributed by atoms with Gasteiger partial charge in [0.25, 0.3) is 0 Å². The molecular weight excluding hydrogens is 334 g/mol. The van der Waals surface area contributed by atoms with Crippen LogP contribution in [-0.2, 0) is 0 Å². The Kier molecular flexibility index (Phi) is 4.00. The maximum absolute atomic E-state index is 4.46. The van der Waals surface area contributed by atoms with E-state index in [-0.39, 0.29) is 6.04 Å². The lowest BCUT2D eigenvalue weighted by atomic mass is 10.1. The Morgan fingerprint density at radius 1 is 1.20 bits per heavy atom. The van der Waals surface area contributed by atoms with Crippen molar-refractivity contribution in [1.29, 1.82) is 0 Å². The number of rotatable bonds is 4. The third-order valence-electron chi connectivity index (χ3n) is 3.12. The molecule has 0 aliphatic carbocycles. The molecule has 1 atom stereocenters. The zero-order valence-electron chi connectivity index (χ0n) is 11.0. The van der Waals surface area contributed by atoms with Gasteiger partial charge in [0.05, 0.1) is 21.7 Å². The SMILES string of the molecule is CNC(c1cnn(-c2ccccc2)c1)c1ccc(Br)s1. The van der Waals surface area contributed by atoms with E-state index in [4.69, 9.17) is 0 Å². The summed E-state index contributed by atoms with van der Waals surface area (Å²) in [5.41, 5.74) is 2.23. The lowest BCUT2D eigenvalue weighted by molar-refractivity contribution is 0.703. The first kappa shape index (κ1) is 13.5. The van der Waals surface area contributed by atoms with Crippen LogP contribution in [0.25, 0.3) is 5.69 Å². The fourth-order valence-electron chi connectivity index (χ4n) is 2.16. The predicted octanol–water partition coefficient (Wildman–Crippen LogP) is 4.01. The van der Waals surface area contributed by atoms with Crippen molar-refractivity contribution in [1.82, 2.24) is 15.1 Å². The average molecular weight is 348 g/mol. The fraction of sp³-hybridized carbons (Fsp3) is 0.133. The van der Waals surface area contributed by atoms with Crippen LogP contribution >= 0.6 is 27.3 Å². The molecule has 0 fully saturated rings. The molecular formula is C15H14BrN3S. The van der Waals surface area contributed by atoms with Crippen molar-refractivity contribution < 1.29 is 0 Å². The summed E-state index contributed by atoms with van der Waals surface area (Å²) in [5.74, 6) is 0.